The number of urea groups is 1. The van der Waals surface area contributed by atoms with Gasteiger partial charge in [-0.1, -0.05) is 6.07 Å². The number of rotatable bonds is 3. The zero-order valence-electron chi connectivity index (χ0n) is 10.8. The molecule has 0 unspecified atom stereocenters. The lowest BCUT2D eigenvalue weighted by atomic mass is 10.3. The van der Waals surface area contributed by atoms with Gasteiger partial charge >= 0.3 is 6.03 Å². The van der Waals surface area contributed by atoms with Crippen LogP contribution in [0.1, 0.15) is 0 Å². The van der Waals surface area contributed by atoms with E-state index in [9.17, 15) is 4.79 Å². The molecule has 0 saturated heterocycles. The summed E-state index contributed by atoms with van der Waals surface area (Å²) in [6.45, 7) is 0. The van der Waals surface area contributed by atoms with E-state index < -0.39 is 0 Å². The topological polar surface area (TPSA) is 76.4 Å². The van der Waals surface area contributed by atoms with Crippen LogP contribution < -0.4 is 21.1 Å². The summed E-state index contributed by atoms with van der Waals surface area (Å²) < 4.78 is 5.82. The number of nitrogens with one attached hydrogen (secondary N) is 2. The van der Waals surface area contributed by atoms with Crippen LogP contribution >= 0.6 is 15.9 Å². The number of carbonyl (C=O) groups is 1. The van der Waals surface area contributed by atoms with Crippen molar-refractivity contribution in [3.05, 3.63) is 46.9 Å². The van der Waals surface area contributed by atoms with Crippen molar-refractivity contribution >= 4 is 39.0 Å². The highest BCUT2D eigenvalue weighted by atomic mass is 79.9. The first-order valence-corrected chi connectivity index (χ1v) is 6.65. The van der Waals surface area contributed by atoms with E-state index in [1.54, 1.807) is 49.6 Å². The molecule has 4 N–H and O–H groups in total. The average molecular weight is 336 g/mol. The molecule has 2 amide bonds. The SMILES string of the molecule is COc1cccc(NC(=O)Nc2ccc(N)c(Br)c2)c1. The lowest BCUT2D eigenvalue weighted by molar-refractivity contribution is 0.262. The van der Waals surface area contributed by atoms with Gasteiger partial charge < -0.3 is 21.1 Å². The summed E-state index contributed by atoms with van der Waals surface area (Å²) in [6, 6.07) is 12.0. The van der Waals surface area contributed by atoms with Gasteiger partial charge in [0, 0.05) is 27.6 Å². The number of methoxy groups -OCH3 is 1. The summed E-state index contributed by atoms with van der Waals surface area (Å²) >= 11 is 3.31. The summed E-state index contributed by atoms with van der Waals surface area (Å²) in [5.41, 5.74) is 7.59. The van der Waals surface area contributed by atoms with E-state index >= 15 is 0 Å². The van der Waals surface area contributed by atoms with Gasteiger partial charge in [-0.3, -0.25) is 0 Å². The molecule has 0 aliphatic carbocycles. The van der Waals surface area contributed by atoms with Crippen LogP contribution in [0.3, 0.4) is 0 Å². The standard InChI is InChI=1S/C14H14BrN3O2/c1-20-11-4-2-3-9(7-11)17-14(19)18-10-5-6-13(16)12(15)8-10/h2-8H,16H2,1H3,(H2,17,18,19). The number of hydrogen-bond acceptors (Lipinski definition) is 3. The lowest BCUT2D eigenvalue weighted by Crippen LogP contribution is -2.19. The first-order valence-electron chi connectivity index (χ1n) is 5.85. The molecular formula is C14H14BrN3O2. The molecule has 0 fully saturated rings. The number of halogens is 1. The smallest absolute Gasteiger partial charge is 0.323 e. The quantitative estimate of drug-likeness (QED) is 0.748. The van der Waals surface area contributed by atoms with Gasteiger partial charge in [-0.25, -0.2) is 4.79 Å². The van der Waals surface area contributed by atoms with Crippen LogP contribution in [0.5, 0.6) is 5.75 Å². The minimum absolute atomic E-state index is 0.338. The highest BCUT2D eigenvalue weighted by Crippen LogP contribution is 2.23. The summed E-state index contributed by atoms with van der Waals surface area (Å²) in [6.07, 6.45) is 0. The number of hydrogen-bond donors (Lipinski definition) is 3. The third-order valence-corrected chi connectivity index (χ3v) is 3.27. The van der Waals surface area contributed by atoms with E-state index in [0.717, 1.165) is 4.47 Å². The molecule has 0 aliphatic rings. The molecule has 104 valence electrons. The van der Waals surface area contributed by atoms with Crippen LogP contribution in [0, 0.1) is 0 Å². The highest BCUT2D eigenvalue weighted by molar-refractivity contribution is 9.10. The molecule has 0 aliphatic heterocycles. The van der Waals surface area contributed by atoms with Crippen LogP contribution in [0.2, 0.25) is 0 Å². The Kier molecular flexibility index (Phi) is 4.47. The van der Waals surface area contributed by atoms with Gasteiger partial charge in [-0.2, -0.15) is 0 Å². The van der Waals surface area contributed by atoms with E-state index in [1.165, 1.54) is 0 Å². The molecule has 0 saturated carbocycles. The van der Waals surface area contributed by atoms with E-state index in [4.69, 9.17) is 10.5 Å². The van der Waals surface area contributed by atoms with Crippen molar-refractivity contribution in [2.75, 3.05) is 23.5 Å². The Labute approximate surface area is 125 Å². The van der Waals surface area contributed by atoms with Crippen molar-refractivity contribution in [1.82, 2.24) is 0 Å². The molecule has 0 atom stereocenters. The number of benzene rings is 2. The Morgan fingerprint density at radius 3 is 2.50 bits per heavy atom. The molecule has 5 nitrogen and oxygen atoms in total. The molecular weight excluding hydrogens is 322 g/mol. The first kappa shape index (κ1) is 14.2. The normalized spacial score (nSPS) is 9.90. The molecule has 2 aromatic rings. The van der Waals surface area contributed by atoms with E-state index in [2.05, 4.69) is 26.6 Å². The van der Waals surface area contributed by atoms with Crippen LogP contribution in [-0.4, -0.2) is 13.1 Å². The third-order valence-electron chi connectivity index (χ3n) is 2.59. The van der Waals surface area contributed by atoms with Crippen molar-refractivity contribution in [3.8, 4) is 5.75 Å². The number of nitrogens with two attached hydrogens (primary N) is 1. The highest BCUT2D eigenvalue weighted by Gasteiger charge is 2.05. The van der Waals surface area contributed by atoms with Crippen LogP contribution in [0.15, 0.2) is 46.9 Å². The summed E-state index contributed by atoms with van der Waals surface area (Å²) in [5.74, 6) is 0.679. The second-order valence-corrected chi connectivity index (χ2v) is 4.90. The second kappa shape index (κ2) is 6.29. The van der Waals surface area contributed by atoms with Gasteiger partial charge in [0.15, 0.2) is 0 Å². The van der Waals surface area contributed by atoms with Crippen molar-refractivity contribution in [2.45, 2.75) is 0 Å². The van der Waals surface area contributed by atoms with Crippen molar-refractivity contribution in [3.63, 3.8) is 0 Å². The molecule has 2 rings (SSSR count). The maximum atomic E-state index is 11.9. The van der Waals surface area contributed by atoms with Crippen LogP contribution in [0.25, 0.3) is 0 Å². The number of anilines is 3. The molecule has 0 spiro atoms. The fraction of sp³-hybridized carbons (Fsp3) is 0.0714. The third kappa shape index (κ3) is 3.64. The molecule has 2 aromatic carbocycles. The largest absolute Gasteiger partial charge is 0.497 e. The van der Waals surface area contributed by atoms with Gasteiger partial charge in [0.2, 0.25) is 0 Å². The van der Waals surface area contributed by atoms with Crippen molar-refractivity contribution < 1.29 is 9.53 Å². The molecule has 0 bridgehead atoms. The Morgan fingerprint density at radius 2 is 1.85 bits per heavy atom. The maximum Gasteiger partial charge on any atom is 0.323 e. The van der Waals surface area contributed by atoms with Crippen molar-refractivity contribution in [2.24, 2.45) is 0 Å². The van der Waals surface area contributed by atoms with Gasteiger partial charge in [-0.15, -0.1) is 0 Å². The Morgan fingerprint density at radius 1 is 1.15 bits per heavy atom. The van der Waals surface area contributed by atoms with Gasteiger partial charge in [0.25, 0.3) is 0 Å². The summed E-state index contributed by atoms with van der Waals surface area (Å²) in [7, 11) is 1.57. The fourth-order valence-electron chi connectivity index (χ4n) is 1.60. The van der Waals surface area contributed by atoms with Gasteiger partial charge in [-0.05, 0) is 46.3 Å². The fourth-order valence-corrected chi connectivity index (χ4v) is 1.98. The monoisotopic (exact) mass is 335 g/mol. The van der Waals surface area contributed by atoms with Crippen LogP contribution in [0.4, 0.5) is 21.9 Å². The summed E-state index contributed by atoms with van der Waals surface area (Å²) in [4.78, 5) is 11.9. The minimum atomic E-state index is -0.338. The average Bonchev–Trinajstić information content (AvgIpc) is 2.43. The molecule has 0 heterocycles. The number of amides is 2. The predicted octanol–water partition coefficient (Wildman–Crippen LogP) is 3.68. The van der Waals surface area contributed by atoms with E-state index in [0.29, 0.717) is 22.8 Å². The number of ether oxygens (including phenoxy) is 1. The van der Waals surface area contributed by atoms with Crippen molar-refractivity contribution in [1.29, 1.82) is 0 Å². The van der Waals surface area contributed by atoms with E-state index in [1.807, 2.05) is 0 Å². The number of carbonyl (C=O) groups excluding carboxylic acids is 1. The second-order valence-electron chi connectivity index (χ2n) is 4.05. The Balaban J connectivity index is 2.03. The number of nitrogen functional groups attached to an aromatic ring is 1. The zero-order chi connectivity index (χ0) is 14.5. The molecule has 6 heteroatoms. The minimum Gasteiger partial charge on any atom is -0.497 e. The molecule has 0 radical (unpaired) electrons. The zero-order valence-corrected chi connectivity index (χ0v) is 12.4. The van der Waals surface area contributed by atoms with Gasteiger partial charge in [0.1, 0.15) is 5.75 Å². The van der Waals surface area contributed by atoms with Gasteiger partial charge in [0.05, 0.1) is 7.11 Å². The Hall–Kier alpha value is -2.21. The lowest BCUT2D eigenvalue weighted by Gasteiger charge is -2.09. The summed E-state index contributed by atoms with van der Waals surface area (Å²) in [5, 5.41) is 5.44. The van der Waals surface area contributed by atoms with Crippen LogP contribution in [-0.2, 0) is 0 Å². The molecule has 0 aromatic heterocycles. The Bertz CT molecular complexity index is 632. The predicted molar refractivity (Wildman–Crippen MR) is 84.2 cm³/mol. The first-order chi connectivity index (χ1) is 9.58. The molecule has 20 heavy (non-hydrogen) atoms. The van der Waals surface area contributed by atoms with E-state index in [-0.39, 0.29) is 6.03 Å². The maximum absolute atomic E-state index is 11.9.